The van der Waals surface area contributed by atoms with Crippen molar-refractivity contribution < 1.29 is 0 Å². The Morgan fingerprint density at radius 2 is 2.00 bits per heavy atom. The molecule has 0 fully saturated rings. The van der Waals surface area contributed by atoms with Crippen LogP contribution in [0.3, 0.4) is 0 Å². The van der Waals surface area contributed by atoms with Gasteiger partial charge in [-0.15, -0.1) is 11.8 Å². The number of aryl methyl sites for hydroxylation is 1. The fraction of sp³-hybridized carbons (Fsp3) is 0.300. The molecule has 0 aliphatic carbocycles. The van der Waals surface area contributed by atoms with Crippen molar-refractivity contribution >= 4 is 18.0 Å². The molecule has 2 heteroatoms. The molecule has 0 spiro atoms. The van der Waals surface area contributed by atoms with E-state index in [4.69, 9.17) is 5.41 Å². The third-order valence-electron chi connectivity index (χ3n) is 1.55. The van der Waals surface area contributed by atoms with Crippen LogP contribution in [0.4, 0.5) is 0 Å². The number of nitrogens with one attached hydrogen (secondary N) is 1. The first kappa shape index (κ1) is 9.33. The van der Waals surface area contributed by atoms with E-state index >= 15 is 0 Å². The highest BCUT2D eigenvalue weighted by molar-refractivity contribution is 7.99. The molecule has 0 aliphatic rings. The fourth-order valence-corrected chi connectivity index (χ4v) is 1.67. The summed E-state index contributed by atoms with van der Waals surface area (Å²) in [5, 5.41) is 6.86. The predicted molar refractivity (Wildman–Crippen MR) is 55.3 cm³/mol. The quantitative estimate of drug-likeness (QED) is 0.428. The normalized spacial score (nSPS) is 9.75. The minimum Gasteiger partial charge on any atom is -0.313 e. The first-order chi connectivity index (χ1) is 5.83. The Labute approximate surface area is 77.7 Å². The topological polar surface area (TPSA) is 23.9 Å². The number of hydrogen-bond acceptors (Lipinski definition) is 2. The molecule has 1 rings (SSSR count). The number of rotatable bonds is 4. The van der Waals surface area contributed by atoms with E-state index in [1.165, 1.54) is 16.7 Å². The van der Waals surface area contributed by atoms with Crippen LogP contribution in [-0.4, -0.2) is 12.0 Å². The molecule has 12 heavy (non-hydrogen) atoms. The van der Waals surface area contributed by atoms with Gasteiger partial charge in [-0.1, -0.05) is 17.7 Å². The van der Waals surface area contributed by atoms with Crippen LogP contribution in [0.2, 0.25) is 0 Å². The molecule has 0 aliphatic heterocycles. The summed E-state index contributed by atoms with van der Waals surface area (Å²) < 4.78 is 0. The first-order valence-corrected chi connectivity index (χ1v) is 5.00. The Balaban J connectivity index is 2.42. The molecule has 0 atom stereocenters. The first-order valence-electron chi connectivity index (χ1n) is 4.01. The van der Waals surface area contributed by atoms with Gasteiger partial charge in [0.05, 0.1) is 0 Å². The summed E-state index contributed by atoms with van der Waals surface area (Å²) >= 11 is 1.80. The smallest absolute Gasteiger partial charge is 0.00722 e. The lowest BCUT2D eigenvalue weighted by molar-refractivity contribution is 1.30. The third kappa shape index (κ3) is 3.09. The molecule has 1 N–H and O–H groups in total. The van der Waals surface area contributed by atoms with Gasteiger partial charge < -0.3 is 5.41 Å². The summed E-state index contributed by atoms with van der Waals surface area (Å²) in [6.07, 6.45) is 2.32. The Kier molecular flexibility index (Phi) is 3.88. The van der Waals surface area contributed by atoms with Gasteiger partial charge in [0.25, 0.3) is 0 Å². The summed E-state index contributed by atoms with van der Waals surface area (Å²) in [5.41, 5.74) is 1.30. The summed E-state index contributed by atoms with van der Waals surface area (Å²) in [7, 11) is 0. The predicted octanol–water partition coefficient (Wildman–Crippen LogP) is 3.13. The summed E-state index contributed by atoms with van der Waals surface area (Å²) in [6.45, 7) is 2.09. The lowest BCUT2D eigenvalue weighted by Gasteiger charge is -1.98. The molecule has 1 aromatic rings. The highest BCUT2D eigenvalue weighted by Gasteiger charge is 1.91. The van der Waals surface area contributed by atoms with Crippen LogP contribution in [-0.2, 0) is 0 Å². The average Bonchev–Trinajstić information content (AvgIpc) is 2.09. The highest BCUT2D eigenvalue weighted by Crippen LogP contribution is 2.18. The fourth-order valence-electron chi connectivity index (χ4n) is 0.870. The lowest BCUT2D eigenvalue weighted by atomic mass is 10.2. The lowest BCUT2D eigenvalue weighted by Crippen LogP contribution is -1.80. The van der Waals surface area contributed by atoms with Gasteiger partial charge in [-0.2, -0.15) is 0 Å². The maximum absolute atomic E-state index is 6.86. The molecule has 0 saturated carbocycles. The number of hydrogen-bond donors (Lipinski definition) is 1. The highest BCUT2D eigenvalue weighted by atomic mass is 32.2. The van der Waals surface area contributed by atoms with Crippen molar-refractivity contribution in [2.45, 2.75) is 18.2 Å². The van der Waals surface area contributed by atoms with Crippen molar-refractivity contribution in [3.63, 3.8) is 0 Å². The summed E-state index contributed by atoms with van der Waals surface area (Å²) in [6, 6.07) is 8.49. The van der Waals surface area contributed by atoms with E-state index in [0.717, 1.165) is 12.2 Å². The molecule has 0 aromatic heterocycles. The Bertz CT molecular complexity index is 241. The second-order valence-electron chi connectivity index (χ2n) is 2.65. The van der Waals surface area contributed by atoms with Crippen molar-refractivity contribution in [1.29, 1.82) is 5.41 Å². The molecular weight excluding hydrogens is 166 g/mol. The van der Waals surface area contributed by atoms with Crippen LogP contribution < -0.4 is 0 Å². The molecular formula is C10H13NS. The Morgan fingerprint density at radius 1 is 1.33 bits per heavy atom. The molecule has 0 heterocycles. The van der Waals surface area contributed by atoms with Gasteiger partial charge in [-0.05, 0) is 31.7 Å². The Morgan fingerprint density at radius 3 is 2.58 bits per heavy atom. The van der Waals surface area contributed by atoms with Gasteiger partial charge in [0.2, 0.25) is 0 Å². The van der Waals surface area contributed by atoms with Crippen molar-refractivity contribution in [1.82, 2.24) is 0 Å². The van der Waals surface area contributed by atoms with E-state index in [1.54, 1.807) is 11.8 Å². The van der Waals surface area contributed by atoms with Gasteiger partial charge in [0.15, 0.2) is 0 Å². The van der Waals surface area contributed by atoms with Crippen LogP contribution in [0.15, 0.2) is 29.2 Å². The second-order valence-corrected chi connectivity index (χ2v) is 3.82. The minimum atomic E-state index is 0.860. The van der Waals surface area contributed by atoms with Crippen molar-refractivity contribution in [3.05, 3.63) is 29.8 Å². The zero-order valence-electron chi connectivity index (χ0n) is 7.21. The third-order valence-corrected chi connectivity index (χ3v) is 2.60. The largest absolute Gasteiger partial charge is 0.313 e. The molecule has 0 saturated heterocycles. The Hall–Kier alpha value is -0.760. The van der Waals surface area contributed by atoms with Crippen molar-refractivity contribution in [2.75, 3.05) is 5.75 Å². The minimum absolute atomic E-state index is 0.860. The van der Waals surface area contributed by atoms with E-state index < -0.39 is 0 Å². The molecule has 1 nitrogen and oxygen atoms in total. The average molecular weight is 179 g/mol. The van der Waals surface area contributed by atoms with Gasteiger partial charge in [0, 0.05) is 10.6 Å². The molecule has 1 aromatic carbocycles. The van der Waals surface area contributed by atoms with E-state index in [0.29, 0.717) is 0 Å². The standard InChI is InChI=1S/C10H13NS/c1-9-3-5-10(6-4-9)12-8-2-7-11/h3-7,11H,2,8H2,1H3. The number of thioether (sulfide) groups is 1. The van der Waals surface area contributed by atoms with E-state index in [2.05, 4.69) is 31.2 Å². The molecule has 0 bridgehead atoms. The van der Waals surface area contributed by atoms with Crippen molar-refractivity contribution in [3.8, 4) is 0 Å². The van der Waals surface area contributed by atoms with E-state index in [1.807, 2.05) is 0 Å². The van der Waals surface area contributed by atoms with Crippen LogP contribution in [0.1, 0.15) is 12.0 Å². The second kappa shape index (κ2) is 4.99. The summed E-state index contributed by atoms with van der Waals surface area (Å²) in [5.74, 6) is 1.01. The van der Waals surface area contributed by atoms with Gasteiger partial charge in [0.1, 0.15) is 0 Å². The van der Waals surface area contributed by atoms with Crippen LogP contribution >= 0.6 is 11.8 Å². The van der Waals surface area contributed by atoms with Crippen LogP contribution in [0.25, 0.3) is 0 Å². The van der Waals surface area contributed by atoms with Crippen LogP contribution in [0, 0.1) is 12.3 Å². The number of benzene rings is 1. The van der Waals surface area contributed by atoms with E-state index in [9.17, 15) is 0 Å². The SMILES string of the molecule is Cc1ccc(SCCC=N)cc1. The zero-order chi connectivity index (χ0) is 8.81. The zero-order valence-corrected chi connectivity index (χ0v) is 8.03. The molecule has 0 amide bonds. The van der Waals surface area contributed by atoms with Gasteiger partial charge in [-0.25, -0.2) is 0 Å². The van der Waals surface area contributed by atoms with Gasteiger partial charge in [-0.3, -0.25) is 0 Å². The maximum Gasteiger partial charge on any atom is 0.00722 e. The maximum atomic E-state index is 6.86. The van der Waals surface area contributed by atoms with Crippen molar-refractivity contribution in [2.24, 2.45) is 0 Å². The van der Waals surface area contributed by atoms with Crippen LogP contribution in [0.5, 0.6) is 0 Å². The van der Waals surface area contributed by atoms with E-state index in [-0.39, 0.29) is 0 Å². The summed E-state index contributed by atoms with van der Waals surface area (Å²) in [4.78, 5) is 1.29. The molecule has 64 valence electrons. The molecule has 0 radical (unpaired) electrons. The monoisotopic (exact) mass is 179 g/mol. The molecule has 0 unspecified atom stereocenters. The van der Waals surface area contributed by atoms with Gasteiger partial charge >= 0.3 is 0 Å².